The van der Waals surface area contributed by atoms with E-state index in [9.17, 15) is 4.79 Å². The maximum Gasteiger partial charge on any atom is 0.291 e. The molecule has 0 atom stereocenters. The maximum absolute atomic E-state index is 12.6. The van der Waals surface area contributed by atoms with Crippen molar-refractivity contribution < 1.29 is 13.9 Å². The topological polar surface area (TPSA) is 51.5 Å². The van der Waals surface area contributed by atoms with Crippen molar-refractivity contribution in [1.82, 2.24) is 0 Å². The van der Waals surface area contributed by atoms with Crippen LogP contribution in [-0.4, -0.2) is 12.5 Å². The van der Waals surface area contributed by atoms with Crippen LogP contribution in [-0.2, 0) is 0 Å². The summed E-state index contributed by atoms with van der Waals surface area (Å²) in [4.78, 5) is 12.6. The van der Waals surface area contributed by atoms with Gasteiger partial charge in [0.15, 0.2) is 5.76 Å². The van der Waals surface area contributed by atoms with E-state index in [0.717, 1.165) is 22.1 Å². The number of benzene rings is 2. The van der Waals surface area contributed by atoms with Crippen molar-refractivity contribution in [2.24, 2.45) is 0 Å². The van der Waals surface area contributed by atoms with Crippen molar-refractivity contribution >= 4 is 22.6 Å². The number of carbonyl (C=O) groups excluding carboxylic acids is 1. The predicted molar refractivity (Wildman–Crippen MR) is 91.3 cm³/mol. The van der Waals surface area contributed by atoms with Gasteiger partial charge in [-0.2, -0.15) is 0 Å². The Bertz CT molecular complexity index is 864. The van der Waals surface area contributed by atoms with E-state index in [0.29, 0.717) is 23.8 Å². The van der Waals surface area contributed by atoms with Crippen LogP contribution in [0, 0.1) is 13.8 Å². The van der Waals surface area contributed by atoms with Crippen LogP contribution in [0.4, 0.5) is 5.69 Å². The molecule has 0 unspecified atom stereocenters. The average molecular weight is 309 g/mol. The van der Waals surface area contributed by atoms with E-state index in [1.165, 1.54) is 0 Å². The Balaban J connectivity index is 1.94. The average Bonchev–Trinajstić information content (AvgIpc) is 2.86. The Morgan fingerprint density at radius 1 is 1.17 bits per heavy atom. The molecule has 118 valence electrons. The van der Waals surface area contributed by atoms with Gasteiger partial charge in [0.2, 0.25) is 0 Å². The predicted octanol–water partition coefficient (Wildman–Crippen LogP) is 4.70. The van der Waals surface area contributed by atoms with Crippen LogP contribution in [0.1, 0.15) is 28.6 Å². The standard InChI is InChI=1S/C19H19NO3/c1-4-22-16-8-6-5-7-15(16)20-19(21)18-13(3)14-10-9-12(2)11-17(14)23-18/h5-11H,4H2,1-3H3,(H,20,21). The van der Waals surface area contributed by atoms with Crippen molar-refractivity contribution in [2.75, 3.05) is 11.9 Å². The normalized spacial score (nSPS) is 10.7. The lowest BCUT2D eigenvalue weighted by Gasteiger charge is -2.10. The molecule has 0 aliphatic heterocycles. The Morgan fingerprint density at radius 3 is 2.74 bits per heavy atom. The summed E-state index contributed by atoms with van der Waals surface area (Å²) in [5.74, 6) is 0.702. The molecule has 23 heavy (non-hydrogen) atoms. The second-order valence-electron chi connectivity index (χ2n) is 5.44. The molecule has 3 rings (SSSR count). The number of para-hydroxylation sites is 2. The molecule has 0 aliphatic carbocycles. The highest BCUT2D eigenvalue weighted by atomic mass is 16.5. The molecule has 1 N–H and O–H groups in total. The lowest BCUT2D eigenvalue weighted by Crippen LogP contribution is -2.13. The molecule has 4 heteroatoms. The first-order chi connectivity index (χ1) is 11.1. The zero-order chi connectivity index (χ0) is 16.4. The van der Waals surface area contributed by atoms with Crippen molar-refractivity contribution in [2.45, 2.75) is 20.8 Å². The van der Waals surface area contributed by atoms with E-state index < -0.39 is 0 Å². The van der Waals surface area contributed by atoms with Gasteiger partial charge in [0, 0.05) is 10.9 Å². The van der Waals surface area contributed by atoms with E-state index in [1.54, 1.807) is 0 Å². The molecule has 1 aromatic heterocycles. The fraction of sp³-hybridized carbons (Fsp3) is 0.211. The number of nitrogens with one attached hydrogen (secondary N) is 1. The number of aryl methyl sites for hydroxylation is 2. The molecule has 1 amide bonds. The number of rotatable bonds is 4. The molecule has 0 spiro atoms. The molecule has 0 fully saturated rings. The Hall–Kier alpha value is -2.75. The summed E-state index contributed by atoms with van der Waals surface area (Å²) in [7, 11) is 0. The third-order valence-electron chi connectivity index (χ3n) is 3.74. The zero-order valence-electron chi connectivity index (χ0n) is 13.5. The van der Waals surface area contributed by atoms with Gasteiger partial charge in [-0.1, -0.05) is 24.3 Å². The second kappa shape index (κ2) is 6.16. The molecule has 1 heterocycles. The van der Waals surface area contributed by atoms with Crippen molar-refractivity contribution in [3.63, 3.8) is 0 Å². The Kier molecular flexibility index (Phi) is 4.06. The van der Waals surface area contributed by atoms with Crippen molar-refractivity contribution in [3.8, 4) is 5.75 Å². The maximum atomic E-state index is 12.6. The van der Waals surface area contributed by atoms with Crippen LogP contribution >= 0.6 is 0 Å². The number of hydrogen-bond acceptors (Lipinski definition) is 3. The lowest BCUT2D eigenvalue weighted by atomic mass is 10.1. The summed E-state index contributed by atoms with van der Waals surface area (Å²) in [5.41, 5.74) is 3.30. The number of carbonyl (C=O) groups is 1. The van der Waals surface area contributed by atoms with E-state index in [4.69, 9.17) is 9.15 Å². The summed E-state index contributed by atoms with van der Waals surface area (Å²) >= 11 is 0. The molecule has 0 saturated carbocycles. The minimum Gasteiger partial charge on any atom is -0.492 e. The number of furan rings is 1. The molecule has 0 radical (unpaired) electrons. The van der Waals surface area contributed by atoms with Crippen LogP contribution in [0.2, 0.25) is 0 Å². The SMILES string of the molecule is CCOc1ccccc1NC(=O)c1oc2cc(C)ccc2c1C. The second-order valence-corrected chi connectivity index (χ2v) is 5.44. The van der Waals surface area contributed by atoms with Crippen LogP contribution in [0.5, 0.6) is 5.75 Å². The van der Waals surface area contributed by atoms with Gasteiger partial charge in [-0.05, 0) is 44.5 Å². The molecule has 4 nitrogen and oxygen atoms in total. The third kappa shape index (κ3) is 2.93. The van der Waals surface area contributed by atoms with E-state index in [1.807, 2.05) is 63.2 Å². The van der Waals surface area contributed by atoms with Gasteiger partial charge < -0.3 is 14.5 Å². The number of ether oxygens (including phenoxy) is 1. The summed E-state index contributed by atoms with van der Waals surface area (Å²) in [5, 5.41) is 3.83. The molecule has 0 saturated heterocycles. The number of amides is 1. The molecular weight excluding hydrogens is 290 g/mol. The van der Waals surface area contributed by atoms with Gasteiger partial charge in [0.25, 0.3) is 5.91 Å². The van der Waals surface area contributed by atoms with Crippen molar-refractivity contribution in [1.29, 1.82) is 0 Å². The lowest BCUT2D eigenvalue weighted by molar-refractivity contribution is 0.0997. The zero-order valence-corrected chi connectivity index (χ0v) is 13.5. The smallest absolute Gasteiger partial charge is 0.291 e. The molecule has 2 aromatic carbocycles. The summed E-state index contributed by atoms with van der Waals surface area (Å²) in [6.07, 6.45) is 0. The van der Waals surface area contributed by atoms with Gasteiger partial charge in [-0.3, -0.25) is 4.79 Å². The monoisotopic (exact) mass is 309 g/mol. The van der Waals surface area contributed by atoms with Crippen molar-refractivity contribution in [3.05, 3.63) is 59.4 Å². The van der Waals surface area contributed by atoms with E-state index in [2.05, 4.69) is 5.32 Å². The van der Waals surface area contributed by atoms with Crippen LogP contribution in [0.25, 0.3) is 11.0 Å². The van der Waals surface area contributed by atoms with E-state index in [-0.39, 0.29) is 5.91 Å². The highest BCUT2D eigenvalue weighted by molar-refractivity contribution is 6.07. The number of hydrogen-bond donors (Lipinski definition) is 1. The number of anilines is 1. The van der Waals surface area contributed by atoms with Gasteiger partial charge in [0.05, 0.1) is 12.3 Å². The minimum absolute atomic E-state index is 0.275. The van der Waals surface area contributed by atoms with Crippen LogP contribution < -0.4 is 10.1 Å². The van der Waals surface area contributed by atoms with Gasteiger partial charge in [0.1, 0.15) is 11.3 Å². The summed E-state index contributed by atoms with van der Waals surface area (Å²) < 4.78 is 11.3. The molecular formula is C19H19NO3. The summed E-state index contributed by atoms with van der Waals surface area (Å²) in [6, 6.07) is 13.3. The van der Waals surface area contributed by atoms with Crippen LogP contribution in [0.3, 0.4) is 0 Å². The highest BCUT2D eigenvalue weighted by Gasteiger charge is 2.18. The Morgan fingerprint density at radius 2 is 1.96 bits per heavy atom. The first kappa shape index (κ1) is 15.2. The molecule has 0 aliphatic rings. The fourth-order valence-corrected chi connectivity index (χ4v) is 2.58. The van der Waals surface area contributed by atoms with Gasteiger partial charge in [-0.25, -0.2) is 0 Å². The molecule has 0 bridgehead atoms. The first-order valence-electron chi connectivity index (χ1n) is 7.63. The van der Waals surface area contributed by atoms with Gasteiger partial charge >= 0.3 is 0 Å². The summed E-state index contributed by atoms with van der Waals surface area (Å²) in [6.45, 7) is 6.33. The largest absolute Gasteiger partial charge is 0.492 e. The van der Waals surface area contributed by atoms with E-state index >= 15 is 0 Å². The number of fused-ring (bicyclic) bond motifs is 1. The highest BCUT2D eigenvalue weighted by Crippen LogP contribution is 2.28. The fourth-order valence-electron chi connectivity index (χ4n) is 2.58. The first-order valence-corrected chi connectivity index (χ1v) is 7.63. The third-order valence-corrected chi connectivity index (χ3v) is 3.74. The van der Waals surface area contributed by atoms with Gasteiger partial charge in [-0.15, -0.1) is 0 Å². The Labute approximate surface area is 135 Å². The minimum atomic E-state index is -0.275. The van der Waals surface area contributed by atoms with Crippen LogP contribution in [0.15, 0.2) is 46.9 Å². The molecule has 3 aromatic rings. The quantitative estimate of drug-likeness (QED) is 0.760.